The van der Waals surface area contributed by atoms with E-state index in [9.17, 15) is 0 Å². The number of nitrogens with one attached hydrogen (secondary N) is 1. The third-order valence-corrected chi connectivity index (χ3v) is 4.07. The summed E-state index contributed by atoms with van der Waals surface area (Å²) in [5.41, 5.74) is 0.552. The van der Waals surface area contributed by atoms with Gasteiger partial charge in [-0.15, -0.1) is 0 Å². The lowest BCUT2D eigenvalue weighted by Crippen LogP contribution is -2.42. The Hall–Kier alpha value is -0.120. The fourth-order valence-corrected chi connectivity index (χ4v) is 3.16. The zero-order valence-electron chi connectivity index (χ0n) is 13.0. The van der Waals surface area contributed by atoms with Crippen LogP contribution in [0.25, 0.3) is 0 Å². The van der Waals surface area contributed by atoms with Crippen molar-refractivity contribution < 1.29 is 0 Å². The van der Waals surface area contributed by atoms with Crippen LogP contribution in [0.3, 0.4) is 0 Å². The first-order valence-electron chi connectivity index (χ1n) is 7.69. The zero-order valence-corrected chi connectivity index (χ0v) is 13.0. The van der Waals surface area contributed by atoms with Gasteiger partial charge < -0.3 is 15.1 Å². The molecular formula is C15H33N3. The molecule has 18 heavy (non-hydrogen) atoms. The van der Waals surface area contributed by atoms with Gasteiger partial charge in [-0.1, -0.05) is 20.3 Å². The first-order valence-corrected chi connectivity index (χ1v) is 7.69. The van der Waals surface area contributed by atoms with Crippen molar-refractivity contribution >= 4 is 0 Å². The Morgan fingerprint density at radius 2 is 1.83 bits per heavy atom. The van der Waals surface area contributed by atoms with E-state index in [4.69, 9.17) is 0 Å². The van der Waals surface area contributed by atoms with Crippen molar-refractivity contribution in [3.05, 3.63) is 0 Å². The number of nitrogens with zero attached hydrogens (tertiary/aromatic N) is 2. The maximum absolute atomic E-state index is 3.57. The Morgan fingerprint density at radius 3 is 2.33 bits per heavy atom. The molecule has 1 unspecified atom stereocenters. The van der Waals surface area contributed by atoms with Gasteiger partial charge in [0.2, 0.25) is 0 Å². The summed E-state index contributed by atoms with van der Waals surface area (Å²) in [5, 5.41) is 3.57. The summed E-state index contributed by atoms with van der Waals surface area (Å²) in [5.74, 6) is 0. The second kappa shape index (κ2) is 8.13. The second-order valence-corrected chi connectivity index (χ2v) is 6.26. The van der Waals surface area contributed by atoms with Crippen LogP contribution in [0.1, 0.15) is 39.5 Å². The highest BCUT2D eigenvalue weighted by atomic mass is 15.2. The molecule has 3 nitrogen and oxygen atoms in total. The minimum atomic E-state index is 0.552. The van der Waals surface area contributed by atoms with Gasteiger partial charge in [-0.2, -0.15) is 0 Å². The van der Waals surface area contributed by atoms with Gasteiger partial charge in [0.05, 0.1) is 0 Å². The molecule has 108 valence electrons. The quantitative estimate of drug-likeness (QED) is 0.680. The van der Waals surface area contributed by atoms with Crippen LogP contribution in [0, 0.1) is 5.41 Å². The van der Waals surface area contributed by atoms with E-state index < -0.39 is 0 Å². The third-order valence-electron chi connectivity index (χ3n) is 4.07. The highest BCUT2D eigenvalue weighted by Gasteiger charge is 2.34. The van der Waals surface area contributed by atoms with Crippen LogP contribution < -0.4 is 5.32 Å². The summed E-state index contributed by atoms with van der Waals surface area (Å²) in [6, 6.07) is 0. The van der Waals surface area contributed by atoms with E-state index in [1.54, 1.807) is 0 Å². The standard InChI is InChI=1S/C15H33N3/c1-5-7-15(8-9-16-13-15)14-18(10-6-2)12-11-17(3)4/h16H,5-14H2,1-4H3. The van der Waals surface area contributed by atoms with E-state index in [1.807, 2.05) is 0 Å². The molecule has 1 saturated heterocycles. The van der Waals surface area contributed by atoms with Gasteiger partial charge >= 0.3 is 0 Å². The molecule has 1 rings (SSSR count). The molecule has 0 spiro atoms. The van der Waals surface area contributed by atoms with Crippen molar-refractivity contribution in [2.24, 2.45) is 5.41 Å². The molecule has 1 fully saturated rings. The van der Waals surface area contributed by atoms with Crippen molar-refractivity contribution in [2.75, 3.05) is 53.4 Å². The molecule has 0 radical (unpaired) electrons. The molecule has 0 saturated carbocycles. The van der Waals surface area contributed by atoms with Crippen LogP contribution in [0.15, 0.2) is 0 Å². The summed E-state index contributed by atoms with van der Waals surface area (Å²) in [6.45, 7) is 12.0. The van der Waals surface area contributed by atoms with Gasteiger partial charge in [-0.25, -0.2) is 0 Å². The van der Waals surface area contributed by atoms with E-state index in [0.717, 1.165) is 0 Å². The lowest BCUT2D eigenvalue weighted by Gasteiger charge is -2.35. The van der Waals surface area contributed by atoms with Gasteiger partial charge in [0.25, 0.3) is 0 Å². The summed E-state index contributed by atoms with van der Waals surface area (Å²) in [6.07, 6.45) is 5.32. The predicted octanol–water partition coefficient (Wildman–Crippen LogP) is 2.04. The van der Waals surface area contributed by atoms with Crippen LogP contribution in [0.4, 0.5) is 0 Å². The Balaban J connectivity index is 2.50. The Labute approximate surface area is 114 Å². The molecular weight excluding hydrogens is 222 g/mol. The Bertz CT molecular complexity index is 210. The van der Waals surface area contributed by atoms with Crippen molar-refractivity contribution in [2.45, 2.75) is 39.5 Å². The maximum Gasteiger partial charge on any atom is 0.0109 e. The molecule has 1 heterocycles. The molecule has 3 heteroatoms. The fraction of sp³-hybridized carbons (Fsp3) is 1.00. The molecule has 1 N–H and O–H groups in total. The molecule has 0 bridgehead atoms. The number of hydrogen-bond acceptors (Lipinski definition) is 3. The zero-order chi connectivity index (χ0) is 13.4. The normalized spacial score (nSPS) is 24.3. The molecule has 0 aliphatic carbocycles. The first-order chi connectivity index (χ1) is 8.62. The van der Waals surface area contributed by atoms with Crippen LogP contribution in [-0.2, 0) is 0 Å². The average molecular weight is 255 g/mol. The minimum Gasteiger partial charge on any atom is -0.316 e. The van der Waals surface area contributed by atoms with Crippen molar-refractivity contribution in [3.8, 4) is 0 Å². The molecule has 0 aromatic carbocycles. The second-order valence-electron chi connectivity index (χ2n) is 6.26. The van der Waals surface area contributed by atoms with Gasteiger partial charge in [-0.05, 0) is 51.9 Å². The van der Waals surface area contributed by atoms with E-state index in [1.165, 1.54) is 65.0 Å². The van der Waals surface area contributed by atoms with Crippen molar-refractivity contribution in [1.29, 1.82) is 0 Å². The van der Waals surface area contributed by atoms with Crippen LogP contribution in [-0.4, -0.2) is 63.2 Å². The van der Waals surface area contributed by atoms with E-state index in [2.05, 4.69) is 43.1 Å². The number of rotatable bonds is 9. The molecule has 0 aromatic heterocycles. The lowest BCUT2D eigenvalue weighted by molar-refractivity contribution is 0.143. The first kappa shape index (κ1) is 15.9. The van der Waals surface area contributed by atoms with Crippen LogP contribution in [0.2, 0.25) is 0 Å². The summed E-state index contributed by atoms with van der Waals surface area (Å²) in [4.78, 5) is 4.98. The number of likely N-dealkylation sites (N-methyl/N-ethyl adjacent to an activating group) is 1. The van der Waals surface area contributed by atoms with Crippen LogP contribution in [0.5, 0.6) is 0 Å². The van der Waals surface area contributed by atoms with Crippen molar-refractivity contribution in [1.82, 2.24) is 15.1 Å². The topological polar surface area (TPSA) is 18.5 Å². The largest absolute Gasteiger partial charge is 0.316 e. The Morgan fingerprint density at radius 1 is 1.06 bits per heavy atom. The molecule has 0 aromatic rings. The average Bonchev–Trinajstić information content (AvgIpc) is 2.75. The molecule has 0 amide bonds. The number of hydrogen-bond donors (Lipinski definition) is 1. The third kappa shape index (κ3) is 5.25. The monoisotopic (exact) mass is 255 g/mol. The van der Waals surface area contributed by atoms with Gasteiger partial charge in [0, 0.05) is 26.2 Å². The fourth-order valence-electron chi connectivity index (χ4n) is 3.16. The van der Waals surface area contributed by atoms with Gasteiger partial charge in [0.15, 0.2) is 0 Å². The lowest BCUT2D eigenvalue weighted by atomic mass is 9.82. The maximum atomic E-state index is 3.57. The van der Waals surface area contributed by atoms with Gasteiger partial charge in [-0.3, -0.25) is 0 Å². The molecule has 1 aliphatic rings. The van der Waals surface area contributed by atoms with Crippen molar-refractivity contribution in [3.63, 3.8) is 0 Å². The summed E-state index contributed by atoms with van der Waals surface area (Å²) in [7, 11) is 4.34. The SMILES string of the molecule is CCCN(CCN(C)C)CC1(CCC)CCNC1. The predicted molar refractivity (Wildman–Crippen MR) is 80.1 cm³/mol. The Kier molecular flexibility index (Phi) is 7.20. The highest BCUT2D eigenvalue weighted by Crippen LogP contribution is 2.32. The summed E-state index contributed by atoms with van der Waals surface area (Å²) < 4.78 is 0. The minimum absolute atomic E-state index is 0.552. The molecule has 1 aliphatic heterocycles. The van der Waals surface area contributed by atoms with E-state index >= 15 is 0 Å². The highest BCUT2D eigenvalue weighted by molar-refractivity contribution is 4.90. The van der Waals surface area contributed by atoms with Crippen LogP contribution >= 0.6 is 0 Å². The molecule has 1 atom stereocenters. The smallest absolute Gasteiger partial charge is 0.0109 e. The van der Waals surface area contributed by atoms with Gasteiger partial charge in [0.1, 0.15) is 0 Å². The summed E-state index contributed by atoms with van der Waals surface area (Å²) >= 11 is 0. The van der Waals surface area contributed by atoms with E-state index in [0.29, 0.717) is 5.41 Å². The van der Waals surface area contributed by atoms with E-state index in [-0.39, 0.29) is 0 Å².